The molecule has 0 spiro atoms. The lowest BCUT2D eigenvalue weighted by molar-refractivity contribution is 0.396. The largest absolute Gasteiger partial charge is 0.483 e. The highest BCUT2D eigenvalue weighted by Crippen LogP contribution is 2.30. The van der Waals surface area contributed by atoms with Crippen LogP contribution in [-0.4, -0.2) is 25.3 Å². The molecule has 0 aromatic heterocycles. The van der Waals surface area contributed by atoms with E-state index in [1.165, 1.54) is 0 Å². The maximum atomic E-state index is 6.30. The lowest BCUT2D eigenvalue weighted by atomic mass is 10.0. The van der Waals surface area contributed by atoms with Crippen molar-refractivity contribution in [1.82, 2.24) is 0 Å². The van der Waals surface area contributed by atoms with Gasteiger partial charge in [0.15, 0.2) is 0 Å². The van der Waals surface area contributed by atoms with Gasteiger partial charge in [-0.05, 0) is 24.3 Å². The van der Waals surface area contributed by atoms with Crippen LogP contribution in [0.15, 0.2) is 52.4 Å². The van der Waals surface area contributed by atoms with E-state index in [-0.39, 0.29) is 0 Å². The van der Waals surface area contributed by atoms with Crippen molar-refractivity contribution in [3.8, 4) is 0 Å². The Morgan fingerprint density at radius 3 is 2.62 bits per heavy atom. The molecule has 0 bridgehead atoms. The molecule has 0 atom stereocenters. The molecule has 0 radical (unpaired) electrons. The van der Waals surface area contributed by atoms with Crippen LogP contribution in [0, 0.1) is 0 Å². The Morgan fingerprint density at radius 2 is 1.86 bits per heavy atom. The minimum Gasteiger partial charge on any atom is -0.483 e. The molecular formula is C16H12Cl2N2O. The van der Waals surface area contributed by atoms with Crippen LogP contribution >= 0.6 is 23.2 Å². The fourth-order valence-corrected chi connectivity index (χ4v) is 2.59. The summed E-state index contributed by atoms with van der Waals surface area (Å²) >= 11 is 12.4. The molecule has 106 valence electrons. The van der Waals surface area contributed by atoms with E-state index >= 15 is 0 Å². The molecule has 2 aromatic rings. The molecule has 1 aliphatic rings. The number of halogens is 2. The van der Waals surface area contributed by atoms with Crippen LogP contribution in [0.5, 0.6) is 0 Å². The van der Waals surface area contributed by atoms with Crippen molar-refractivity contribution in [3.63, 3.8) is 0 Å². The van der Waals surface area contributed by atoms with E-state index in [1.54, 1.807) is 13.2 Å². The summed E-state index contributed by atoms with van der Waals surface area (Å²) < 4.78 is 5.25. The van der Waals surface area contributed by atoms with Crippen LogP contribution in [0.2, 0.25) is 10.0 Å². The number of hydrogen-bond donors (Lipinski definition) is 0. The third kappa shape index (κ3) is 2.80. The summed E-state index contributed by atoms with van der Waals surface area (Å²) in [5, 5.41) is 1.27. The highest BCUT2D eigenvalue weighted by Gasteiger charge is 2.18. The number of hydrogen-bond acceptors (Lipinski definition) is 3. The first-order chi connectivity index (χ1) is 10.2. The monoisotopic (exact) mass is 318 g/mol. The number of nitrogens with zero attached hydrogens (tertiary/aromatic N) is 2. The second-order valence-corrected chi connectivity index (χ2v) is 5.36. The van der Waals surface area contributed by atoms with Crippen molar-refractivity contribution in [3.05, 3.63) is 63.6 Å². The van der Waals surface area contributed by atoms with Crippen molar-refractivity contribution in [2.24, 2.45) is 9.98 Å². The maximum Gasteiger partial charge on any atom is 0.210 e. The number of methoxy groups -OCH3 is 1. The first-order valence-corrected chi connectivity index (χ1v) is 7.15. The normalized spacial score (nSPS) is 13.9. The van der Waals surface area contributed by atoms with Crippen molar-refractivity contribution >= 4 is 40.5 Å². The standard InChI is InChI=1S/C16H12Cl2N2O/c1-21-15-9-19-16(11-4-2-3-5-13(11)18)12-8-10(17)6-7-14(12)20-15/h2-8H,9H2,1H3. The molecule has 0 amide bonds. The number of benzene rings is 2. The van der Waals surface area contributed by atoms with Crippen LogP contribution < -0.4 is 0 Å². The molecule has 1 aliphatic heterocycles. The fourth-order valence-electron chi connectivity index (χ4n) is 2.19. The Hall–Kier alpha value is -1.84. The number of rotatable bonds is 1. The highest BCUT2D eigenvalue weighted by atomic mass is 35.5. The fraction of sp³-hybridized carbons (Fsp3) is 0.125. The van der Waals surface area contributed by atoms with E-state index in [2.05, 4.69) is 9.98 Å². The van der Waals surface area contributed by atoms with Crippen molar-refractivity contribution in [2.45, 2.75) is 0 Å². The Balaban J connectivity index is 2.22. The second kappa shape index (κ2) is 5.88. The molecule has 0 N–H and O–H groups in total. The predicted octanol–water partition coefficient (Wildman–Crippen LogP) is 4.52. The van der Waals surface area contributed by atoms with E-state index in [0.717, 1.165) is 22.5 Å². The maximum absolute atomic E-state index is 6.30. The van der Waals surface area contributed by atoms with Crippen LogP contribution in [0.1, 0.15) is 11.1 Å². The van der Waals surface area contributed by atoms with Gasteiger partial charge in [0.25, 0.3) is 0 Å². The van der Waals surface area contributed by atoms with Gasteiger partial charge in [-0.1, -0.05) is 41.4 Å². The summed E-state index contributed by atoms with van der Waals surface area (Å²) in [6, 6.07) is 13.1. The summed E-state index contributed by atoms with van der Waals surface area (Å²) in [7, 11) is 1.59. The molecule has 0 aliphatic carbocycles. The van der Waals surface area contributed by atoms with Gasteiger partial charge in [-0.3, -0.25) is 4.99 Å². The lowest BCUT2D eigenvalue weighted by Crippen LogP contribution is -2.07. The molecule has 3 rings (SSSR count). The lowest BCUT2D eigenvalue weighted by Gasteiger charge is -2.10. The Morgan fingerprint density at radius 1 is 1.05 bits per heavy atom. The first-order valence-electron chi connectivity index (χ1n) is 6.40. The van der Waals surface area contributed by atoms with Gasteiger partial charge < -0.3 is 4.74 Å². The summed E-state index contributed by atoms with van der Waals surface area (Å²) in [6.07, 6.45) is 0. The minimum absolute atomic E-state index is 0.364. The smallest absolute Gasteiger partial charge is 0.210 e. The van der Waals surface area contributed by atoms with Crippen LogP contribution in [0.25, 0.3) is 0 Å². The Kier molecular flexibility index (Phi) is 3.95. The summed E-state index contributed by atoms with van der Waals surface area (Å²) in [5.41, 5.74) is 3.25. The third-order valence-electron chi connectivity index (χ3n) is 3.20. The molecular weight excluding hydrogens is 307 g/mol. The summed E-state index contributed by atoms with van der Waals surface area (Å²) in [4.78, 5) is 9.09. The molecule has 0 fully saturated rings. The Bertz CT molecular complexity index is 754. The third-order valence-corrected chi connectivity index (χ3v) is 3.76. The SMILES string of the molecule is COC1=Nc2ccc(Cl)cc2C(c2ccccc2Cl)=NC1. The van der Waals surface area contributed by atoms with E-state index in [0.29, 0.717) is 22.5 Å². The van der Waals surface area contributed by atoms with Gasteiger partial charge in [-0.15, -0.1) is 0 Å². The zero-order valence-corrected chi connectivity index (χ0v) is 12.8. The van der Waals surface area contributed by atoms with Crippen molar-refractivity contribution in [1.29, 1.82) is 0 Å². The van der Waals surface area contributed by atoms with Crippen molar-refractivity contribution < 1.29 is 4.74 Å². The van der Waals surface area contributed by atoms with E-state index < -0.39 is 0 Å². The van der Waals surface area contributed by atoms with Gasteiger partial charge in [-0.25, -0.2) is 4.99 Å². The van der Waals surface area contributed by atoms with Gasteiger partial charge >= 0.3 is 0 Å². The van der Waals surface area contributed by atoms with E-state index in [4.69, 9.17) is 27.9 Å². The van der Waals surface area contributed by atoms with Crippen LogP contribution in [-0.2, 0) is 4.74 Å². The van der Waals surface area contributed by atoms with E-state index in [9.17, 15) is 0 Å². The van der Waals surface area contributed by atoms with E-state index in [1.807, 2.05) is 36.4 Å². The average molecular weight is 319 g/mol. The van der Waals surface area contributed by atoms with Gasteiger partial charge in [0, 0.05) is 21.2 Å². The van der Waals surface area contributed by atoms with Gasteiger partial charge in [0.05, 0.1) is 18.5 Å². The molecule has 1 heterocycles. The Labute approximate surface area is 132 Å². The summed E-state index contributed by atoms with van der Waals surface area (Å²) in [5.74, 6) is 0.556. The summed E-state index contributed by atoms with van der Waals surface area (Å²) in [6.45, 7) is 0.364. The number of ether oxygens (including phenoxy) is 1. The van der Waals surface area contributed by atoms with Gasteiger partial charge in [-0.2, -0.15) is 0 Å². The topological polar surface area (TPSA) is 34.0 Å². The predicted molar refractivity (Wildman–Crippen MR) is 87.5 cm³/mol. The molecule has 0 saturated heterocycles. The molecule has 21 heavy (non-hydrogen) atoms. The molecule has 0 unspecified atom stereocenters. The first kappa shape index (κ1) is 14.1. The zero-order valence-electron chi connectivity index (χ0n) is 11.3. The van der Waals surface area contributed by atoms with Crippen LogP contribution in [0.4, 0.5) is 5.69 Å². The number of fused-ring (bicyclic) bond motifs is 1. The molecule has 5 heteroatoms. The van der Waals surface area contributed by atoms with Gasteiger partial charge in [0.1, 0.15) is 6.54 Å². The second-order valence-electron chi connectivity index (χ2n) is 4.52. The highest BCUT2D eigenvalue weighted by molar-refractivity contribution is 6.36. The minimum atomic E-state index is 0.364. The molecule has 3 nitrogen and oxygen atoms in total. The van der Waals surface area contributed by atoms with Crippen LogP contribution in [0.3, 0.4) is 0 Å². The average Bonchev–Trinajstić information content (AvgIpc) is 2.67. The molecule has 0 saturated carbocycles. The quantitative estimate of drug-likeness (QED) is 0.761. The molecule has 2 aromatic carbocycles. The number of aliphatic imine (C=N–C) groups is 2. The zero-order chi connectivity index (χ0) is 14.8. The van der Waals surface area contributed by atoms with Crippen molar-refractivity contribution in [2.75, 3.05) is 13.7 Å². The van der Waals surface area contributed by atoms with Gasteiger partial charge in [0.2, 0.25) is 5.90 Å².